The van der Waals surface area contributed by atoms with E-state index in [9.17, 15) is 19.8 Å². The van der Waals surface area contributed by atoms with Gasteiger partial charge in [0.15, 0.2) is 0 Å². The number of benzene rings is 1. The van der Waals surface area contributed by atoms with Gasteiger partial charge in [-0.1, -0.05) is 0 Å². The van der Waals surface area contributed by atoms with Crippen LogP contribution in [0.25, 0.3) is 10.9 Å². The van der Waals surface area contributed by atoms with E-state index in [0.717, 1.165) is 0 Å². The lowest BCUT2D eigenvalue weighted by molar-refractivity contribution is 0.0695. The molecule has 0 spiro atoms. The number of pyridine rings is 1. The molecule has 1 unspecified atom stereocenters. The summed E-state index contributed by atoms with van der Waals surface area (Å²) < 4.78 is 1.35. The largest absolute Gasteiger partial charge is 0.478 e. The number of carbonyl (C=O) groups is 1. The lowest BCUT2D eigenvalue weighted by Gasteiger charge is -2.16. The maximum atomic E-state index is 12.0. The molecule has 6 heteroatoms. The molecule has 1 aromatic carbocycles. The summed E-state index contributed by atoms with van der Waals surface area (Å²) in [6.07, 6.45) is -1.05. The molecule has 1 atom stereocenters. The molecule has 0 saturated heterocycles. The fourth-order valence-corrected chi connectivity index (χ4v) is 2.56. The van der Waals surface area contributed by atoms with Gasteiger partial charge in [0.25, 0.3) is 5.56 Å². The predicted molar refractivity (Wildman–Crippen MR) is 77.7 cm³/mol. The summed E-state index contributed by atoms with van der Waals surface area (Å²) in [5.41, 5.74) is 1.58. The Bertz CT molecular complexity index is 763. The van der Waals surface area contributed by atoms with Crippen molar-refractivity contribution in [2.24, 2.45) is 0 Å². The molecule has 0 aliphatic heterocycles. The molecule has 0 saturated carbocycles. The fraction of sp³-hybridized carbons (Fsp3) is 0.333. The first-order chi connectivity index (χ1) is 9.86. The van der Waals surface area contributed by atoms with Gasteiger partial charge in [-0.25, -0.2) is 4.79 Å². The van der Waals surface area contributed by atoms with Crippen molar-refractivity contribution in [1.82, 2.24) is 4.57 Å². The van der Waals surface area contributed by atoms with Gasteiger partial charge in [-0.05, 0) is 37.1 Å². The zero-order valence-electron chi connectivity index (χ0n) is 11.8. The second kappa shape index (κ2) is 5.67. The highest BCUT2D eigenvalue weighted by atomic mass is 16.4. The molecule has 1 aromatic heterocycles. The van der Waals surface area contributed by atoms with Gasteiger partial charge in [0.05, 0.1) is 30.3 Å². The van der Waals surface area contributed by atoms with Crippen LogP contribution in [0.3, 0.4) is 0 Å². The van der Waals surface area contributed by atoms with Crippen molar-refractivity contribution in [1.29, 1.82) is 0 Å². The molecule has 0 aliphatic rings. The van der Waals surface area contributed by atoms with E-state index in [1.807, 2.05) is 0 Å². The number of carboxylic acids is 1. The summed E-state index contributed by atoms with van der Waals surface area (Å²) in [7, 11) is 0. The molecule has 1 heterocycles. The van der Waals surface area contributed by atoms with Gasteiger partial charge < -0.3 is 19.9 Å². The zero-order valence-corrected chi connectivity index (χ0v) is 11.8. The topological polar surface area (TPSA) is 99.8 Å². The Morgan fingerprint density at radius 1 is 1.33 bits per heavy atom. The number of aromatic nitrogens is 1. The Hall–Kier alpha value is -2.18. The highest BCUT2D eigenvalue weighted by Crippen LogP contribution is 2.24. The van der Waals surface area contributed by atoms with E-state index in [1.54, 1.807) is 26.0 Å². The normalized spacial score (nSPS) is 12.6. The summed E-state index contributed by atoms with van der Waals surface area (Å²) >= 11 is 0. The molecule has 21 heavy (non-hydrogen) atoms. The molecular weight excluding hydrogens is 274 g/mol. The molecule has 112 valence electrons. The highest BCUT2D eigenvalue weighted by Gasteiger charge is 2.17. The van der Waals surface area contributed by atoms with E-state index in [2.05, 4.69) is 0 Å². The Kier molecular flexibility index (Phi) is 4.11. The van der Waals surface area contributed by atoms with Gasteiger partial charge in [-0.3, -0.25) is 4.79 Å². The Balaban J connectivity index is 2.79. The molecule has 0 amide bonds. The summed E-state index contributed by atoms with van der Waals surface area (Å²) in [5.74, 6) is -1.01. The van der Waals surface area contributed by atoms with Crippen LogP contribution in [0.2, 0.25) is 0 Å². The highest BCUT2D eigenvalue weighted by molar-refractivity contribution is 5.98. The Morgan fingerprint density at radius 3 is 2.57 bits per heavy atom. The second-order valence-electron chi connectivity index (χ2n) is 5.05. The smallest absolute Gasteiger partial charge is 0.336 e. The molecule has 6 nitrogen and oxygen atoms in total. The van der Waals surface area contributed by atoms with Gasteiger partial charge >= 0.3 is 5.97 Å². The number of rotatable bonds is 4. The lowest BCUT2D eigenvalue weighted by atomic mass is 9.98. The third kappa shape index (κ3) is 2.68. The molecule has 0 fully saturated rings. The molecule has 0 radical (unpaired) electrons. The molecular formula is C15H17NO5. The first-order valence-corrected chi connectivity index (χ1v) is 6.52. The van der Waals surface area contributed by atoms with E-state index in [-0.39, 0.29) is 17.7 Å². The average Bonchev–Trinajstić information content (AvgIpc) is 2.41. The number of aliphatic hydroxyl groups excluding tert-OH is 2. The minimum Gasteiger partial charge on any atom is -0.478 e. The van der Waals surface area contributed by atoms with Crippen LogP contribution in [0.4, 0.5) is 0 Å². The molecule has 3 N–H and O–H groups in total. The first-order valence-electron chi connectivity index (χ1n) is 6.52. The van der Waals surface area contributed by atoms with Crippen molar-refractivity contribution in [2.75, 3.05) is 6.61 Å². The number of carboxylic acid groups (broad SMARTS) is 1. The minimum absolute atomic E-state index is 0.0437. The maximum Gasteiger partial charge on any atom is 0.336 e. The molecule has 0 bridgehead atoms. The van der Waals surface area contributed by atoms with E-state index >= 15 is 0 Å². The van der Waals surface area contributed by atoms with Gasteiger partial charge in [0.1, 0.15) is 0 Å². The average molecular weight is 291 g/mol. The van der Waals surface area contributed by atoms with Crippen LogP contribution in [-0.2, 0) is 6.54 Å². The van der Waals surface area contributed by atoms with E-state index in [1.165, 1.54) is 10.6 Å². The van der Waals surface area contributed by atoms with E-state index in [0.29, 0.717) is 22.0 Å². The zero-order chi connectivity index (χ0) is 15.7. The number of nitrogens with zero attached hydrogens (tertiary/aromatic N) is 1. The standard InChI is InChI=1S/C15H17NO5/c1-8-5-12-11(9(2)14(8)15(20)21)3-4-13(19)16(12)6-10(18)7-17/h3-5,10,17-18H,6-7H2,1-2H3,(H,20,21). The van der Waals surface area contributed by atoms with Crippen LogP contribution in [-0.4, -0.2) is 38.6 Å². The summed E-state index contributed by atoms with van der Waals surface area (Å²) in [5, 5.41) is 28.4. The predicted octanol–water partition coefficient (Wildman–Crippen LogP) is 0.670. The number of hydrogen-bond donors (Lipinski definition) is 3. The van der Waals surface area contributed by atoms with Gasteiger partial charge in [0, 0.05) is 11.5 Å². The van der Waals surface area contributed by atoms with Crippen molar-refractivity contribution in [2.45, 2.75) is 26.5 Å². The van der Waals surface area contributed by atoms with Crippen LogP contribution in [0.1, 0.15) is 21.5 Å². The van der Waals surface area contributed by atoms with Crippen LogP contribution in [0.5, 0.6) is 0 Å². The maximum absolute atomic E-state index is 12.0. The Labute approximate surface area is 120 Å². The van der Waals surface area contributed by atoms with Crippen LogP contribution in [0.15, 0.2) is 23.0 Å². The van der Waals surface area contributed by atoms with Crippen molar-refractivity contribution in [3.8, 4) is 0 Å². The van der Waals surface area contributed by atoms with Crippen molar-refractivity contribution in [3.63, 3.8) is 0 Å². The van der Waals surface area contributed by atoms with Crippen LogP contribution < -0.4 is 5.56 Å². The van der Waals surface area contributed by atoms with E-state index < -0.39 is 18.7 Å². The molecule has 0 aliphatic carbocycles. The second-order valence-corrected chi connectivity index (χ2v) is 5.05. The fourth-order valence-electron chi connectivity index (χ4n) is 2.56. The third-order valence-electron chi connectivity index (χ3n) is 3.57. The first kappa shape index (κ1) is 15.2. The third-order valence-corrected chi connectivity index (χ3v) is 3.57. The van der Waals surface area contributed by atoms with Gasteiger partial charge in [-0.15, -0.1) is 0 Å². The number of aryl methyl sites for hydroxylation is 2. The minimum atomic E-state index is -1.05. The SMILES string of the molecule is Cc1cc2c(ccc(=O)n2CC(O)CO)c(C)c1C(=O)O. The summed E-state index contributed by atoms with van der Waals surface area (Å²) in [6, 6.07) is 4.54. The van der Waals surface area contributed by atoms with Crippen molar-refractivity contribution >= 4 is 16.9 Å². The number of fused-ring (bicyclic) bond motifs is 1. The number of aromatic carboxylic acids is 1. The van der Waals surface area contributed by atoms with E-state index in [4.69, 9.17) is 5.11 Å². The number of aliphatic hydroxyl groups is 2. The van der Waals surface area contributed by atoms with Gasteiger partial charge in [0.2, 0.25) is 0 Å². The monoisotopic (exact) mass is 291 g/mol. The lowest BCUT2D eigenvalue weighted by Crippen LogP contribution is -2.28. The van der Waals surface area contributed by atoms with Gasteiger partial charge in [-0.2, -0.15) is 0 Å². The molecule has 2 aromatic rings. The van der Waals surface area contributed by atoms with Crippen molar-refractivity contribution < 1.29 is 20.1 Å². The Morgan fingerprint density at radius 2 is 2.00 bits per heavy atom. The van der Waals surface area contributed by atoms with Crippen LogP contribution >= 0.6 is 0 Å². The van der Waals surface area contributed by atoms with Crippen molar-refractivity contribution in [3.05, 3.63) is 45.2 Å². The summed E-state index contributed by atoms with van der Waals surface area (Å²) in [4.78, 5) is 23.3. The molecule has 2 rings (SSSR count). The number of hydrogen-bond acceptors (Lipinski definition) is 4. The van der Waals surface area contributed by atoms with Crippen LogP contribution in [0, 0.1) is 13.8 Å². The summed E-state index contributed by atoms with van der Waals surface area (Å²) in [6.45, 7) is 2.86. The quantitative estimate of drug-likeness (QED) is 0.769.